The highest BCUT2D eigenvalue weighted by atomic mass is 32.2. The van der Waals surface area contributed by atoms with Crippen molar-refractivity contribution in [2.24, 2.45) is 0 Å². The molecule has 0 bridgehead atoms. The number of halogens is 4. The van der Waals surface area contributed by atoms with E-state index in [0.717, 1.165) is 6.42 Å². The largest absolute Gasteiger partial charge is 0.416 e. The fraction of sp³-hybridized carbons (Fsp3) is 0.588. The molecule has 0 spiro atoms. The highest BCUT2D eigenvalue weighted by molar-refractivity contribution is 7.91. The third-order valence-electron chi connectivity index (χ3n) is 4.87. The second kappa shape index (κ2) is 7.86. The van der Waals surface area contributed by atoms with Gasteiger partial charge in [0.05, 0.1) is 28.9 Å². The van der Waals surface area contributed by atoms with Crippen LogP contribution in [-0.2, 0) is 20.8 Å². The van der Waals surface area contributed by atoms with Gasteiger partial charge in [0.2, 0.25) is 0 Å². The van der Waals surface area contributed by atoms with Crippen molar-refractivity contribution in [3.05, 3.63) is 29.6 Å². The van der Waals surface area contributed by atoms with E-state index < -0.39 is 45.2 Å². The lowest BCUT2D eigenvalue weighted by Crippen LogP contribution is -2.47. The van der Waals surface area contributed by atoms with E-state index in [1.807, 2.05) is 0 Å². The Hall–Kier alpha value is -1.88. The minimum Gasteiger partial charge on any atom is -0.376 e. The van der Waals surface area contributed by atoms with Crippen LogP contribution in [0.1, 0.15) is 24.8 Å². The molecular formula is C17H20F4N2O4S. The van der Waals surface area contributed by atoms with Crippen LogP contribution >= 0.6 is 0 Å². The van der Waals surface area contributed by atoms with Crippen LogP contribution < -0.4 is 5.32 Å². The average molecular weight is 424 g/mol. The van der Waals surface area contributed by atoms with Gasteiger partial charge in [0.25, 0.3) is 0 Å². The molecule has 2 saturated heterocycles. The number of rotatable bonds is 4. The zero-order valence-corrected chi connectivity index (χ0v) is 15.7. The van der Waals surface area contributed by atoms with Gasteiger partial charge in [-0.15, -0.1) is 0 Å². The lowest BCUT2D eigenvalue weighted by atomic mass is 10.1. The molecule has 1 aromatic rings. The number of carbonyl (C=O) groups is 1. The predicted molar refractivity (Wildman–Crippen MR) is 93.2 cm³/mol. The number of benzene rings is 1. The number of nitrogens with zero attached hydrogens (tertiary/aromatic N) is 1. The summed E-state index contributed by atoms with van der Waals surface area (Å²) in [4.78, 5) is 14.0. The number of hydrogen-bond donors (Lipinski definition) is 1. The first kappa shape index (κ1) is 20.8. The smallest absolute Gasteiger partial charge is 0.376 e. The van der Waals surface area contributed by atoms with Gasteiger partial charge >= 0.3 is 12.2 Å². The van der Waals surface area contributed by atoms with Gasteiger partial charge in [-0.1, -0.05) is 0 Å². The van der Waals surface area contributed by atoms with Crippen molar-refractivity contribution in [3.63, 3.8) is 0 Å². The van der Waals surface area contributed by atoms with Crippen molar-refractivity contribution in [2.75, 3.05) is 30.0 Å². The maximum atomic E-state index is 14.0. The molecule has 28 heavy (non-hydrogen) atoms. The molecule has 2 heterocycles. The number of sulfone groups is 1. The van der Waals surface area contributed by atoms with Crippen molar-refractivity contribution >= 4 is 21.6 Å². The van der Waals surface area contributed by atoms with Crippen molar-refractivity contribution in [1.82, 2.24) is 4.90 Å². The molecule has 11 heteroatoms. The first-order valence-corrected chi connectivity index (χ1v) is 10.6. The van der Waals surface area contributed by atoms with Crippen molar-refractivity contribution in [1.29, 1.82) is 0 Å². The second-order valence-electron chi connectivity index (χ2n) is 6.97. The number of hydrogen-bond acceptors (Lipinski definition) is 4. The first-order valence-electron chi connectivity index (χ1n) is 8.81. The van der Waals surface area contributed by atoms with Crippen molar-refractivity contribution in [2.45, 2.75) is 37.6 Å². The van der Waals surface area contributed by atoms with Gasteiger partial charge < -0.3 is 15.0 Å². The lowest BCUT2D eigenvalue weighted by molar-refractivity contribution is -0.137. The van der Waals surface area contributed by atoms with Crippen LogP contribution in [0.5, 0.6) is 0 Å². The van der Waals surface area contributed by atoms with Gasteiger partial charge in [-0.3, -0.25) is 0 Å². The maximum absolute atomic E-state index is 14.0. The Labute approximate surface area is 159 Å². The quantitative estimate of drug-likeness (QED) is 0.754. The monoisotopic (exact) mass is 424 g/mol. The molecule has 1 aromatic carbocycles. The SMILES string of the molecule is O=C(Nc1cc(C(F)(F)F)ccc1F)N(CC1CCCO1)C1CCS(=O)(=O)C1. The van der Waals surface area contributed by atoms with Gasteiger partial charge in [0.15, 0.2) is 9.84 Å². The molecule has 3 rings (SSSR count). The Morgan fingerprint density at radius 1 is 1.29 bits per heavy atom. The zero-order valence-electron chi connectivity index (χ0n) is 14.8. The van der Waals surface area contributed by atoms with Crippen LogP contribution in [0.2, 0.25) is 0 Å². The summed E-state index contributed by atoms with van der Waals surface area (Å²) in [6.07, 6.45) is -3.29. The van der Waals surface area contributed by atoms with Gasteiger partial charge in [-0.05, 0) is 37.5 Å². The van der Waals surface area contributed by atoms with E-state index in [9.17, 15) is 30.8 Å². The van der Waals surface area contributed by atoms with Gasteiger partial charge in [-0.2, -0.15) is 13.2 Å². The standard InChI is InChI=1S/C17H20F4N2O4S/c18-14-4-3-11(17(19,20)21)8-15(14)22-16(24)23(9-13-2-1-6-27-13)12-5-7-28(25,26)10-12/h3-4,8,12-13H,1-2,5-7,9-10H2,(H,22,24). The summed E-state index contributed by atoms with van der Waals surface area (Å²) in [6.45, 7) is 0.609. The minimum absolute atomic E-state index is 0.0785. The van der Waals surface area contributed by atoms with E-state index in [1.54, 1.807) is 0 Å². The van der Waals surface area contributed by atoms with Crippen LogP contribution in [0.4, 0.5) is 28.0 Å². The molecule has 2 fully saturated rings. The predicted octanol–water partition coefficient (Wildman–Crippen LogP) is 3.04. The number of nitrogens with one attached hydrogen (secondary N) is 1. The Morgan fingerprint density at radius 2 is 2.04 bits per heavy atom. The van der Waals surface area contributed by atoms with E-state index in [2.05, 4.69) is 5.32 Å². The Balaban J connectivity index is 1.81. The Bertz CT molecular complexity index is 838. The van der Waals surface area contributed by atoms with Gasteiger partial charge in [0, 0.05) is 19.2 Å². The van der Waals surface area contributed by atoms with Crippen molar-refractivity contribution < 1.29 is 35.5 Å². The van der Waals surface area contributed by atoms with Crippen LogP contribution in [0, 0.1) is 5.82 Å². The lowest BCUT2D eigenvalue weighted by Gasteiger charge is -2.30. The van der Waals surface area contributed by atoms with Gasteiger partial charge in [0.1, 0.15) is 5.82 Å². The van der Waals surface area contributed by atoms with E-state index >= 15 is 0 Å². The van der Waals surface area contributed by atoms with Crippen LogP contribution in [0.25, 0.3) is 0 Å². The zero-order chi connectivity index (χ0) is 20.5. The fourth-order valence-electron chi connectivity index (χ4n) is 3.41. The summed E-state index contributed by atoms with van der Waals surface area (Å²) in [5.41, 5.74) is -1.71. The minimum atomic E-state index is -4.69. The second-order valence-corrected chi connectivity index (χ2v) is 9.20. The Kier molecular flexibility index (Phi) is 5.85. The number of alkyl halides is 3. The summed E-state index contributed by atoms with van der Waals surface area (Å²) < 4.78 is 81.7. The maximum Gasteiger partial charge on any atom is 0.416 e. The van der Waals surface area contributed by atoms with Crippen LogP contribution in [0.15, 0.2) is 18.2 Å². The molecule has 0 aliphatic carbocycles. The molecule has 156 valence electrons. The molecule has 2 amide bonds. The van der Waals surface area contributed by atoms with Crippen molar-refractivity contribution in [3.8, 4) is 0 Å². The third-order valence-corrected chi connectivity index (χ3v) is 6.62. The van der Waals surface area contributed by atoms with E-state index in [-0.39, 0.29) is 30.6 Å². The molecule has 2 atom stereocenters. The van der Waals surface area contributed by atoms with Crippen LogP contribution in [0.3, 0.4) is 0 Å². The van der Waals surface area contributed by atoms with E-state index in [0.29, 0.717) is 31.2 Å². The molecular weight excluding hydrogens is 404 g/mol. The molecule has 1 N–H and O–H groups in total. The summed E-state index contributed by atoms with van der Waals surface area (Å²) in [5, 5.41) is 2.16. The first-order chi connectivity index (χ1) is 13.0. The molecule has 0 aromatic heterocycles. The summed E-state index contributed by atoms with van der Waals surface area (Å²) in [6, 6.07) is 0.239. The number of amides is 2. The molecule has 0 saturated carbocycles. The summed E-state index contributed by atoms with van der Waals surface area (Å²) in [7, 11) is -3.30. The molecule has 2 aliphatic rings. The molecule has 6 nitrogen and oxygen atoms in total. The number of urea groups is 1. The fourth-order valence-corrected chi connectivity index (χ4v) is 5.14. The number of ether oxygens (including phenoxy) is 1. The average Bonchev–Trinajstić information content (AvgIpc) is 3.22. The van der Waals surface area contributed by atoms with E-state index in [1.165, 1.54) is 4.90 Å². The normalized spacial score (nSPS) is 24.3. The topological polar surface area (TPSA) is 75.7 Å². The number of carbonyl (C=O) groups excluding carboxylic acids is 1. The third kappa shape index (κ3) is 4.93. The summed E-state index contributed by atoms with van der Waals surface area (Å²) in [5.74, 6) is -1.33. The number of anilines is 1. The molecule has 2 aliphatic heterocycles. The molecule has 0 radical (unpaired) electrons. The molecule has 2 unspecified atom stereocenters. The van der Waals surface area contributed by atoms with Crippen LogP contribution in [-0.4, -0.2) is 56.2 Å². The van der Waals surface area contributed by atoms with Gasteiger partial charge in [-0.25, -0.2) is 17.6 Å². The highest BCUT2D eigenvalue weighted by Gasteiger charge is 2.37. The summed E-state index contributed by atoms with van der Waals surface area (Å²) >= 11 is 0. The van der Waals surface area contributed by atoms with E-state index in [4.69, 9.17) is 4.74 Å². The Morgan fingerprint density at radius 3 is 2.61 bits per heavy atom. The highest BCUT2D eigenvalue weighted by Crippen LogP contribution is 2.32.